The topological polar surface area (TPSA) is 64.8 Å². The van der Waals surface area contributed by atoms with Gasteiger partial charge in [-0.3, -0.25) is 9.69 Å². The van der Waals surface area contributed by atoms with Crippen molar-refractivity contribution in [1.82, 2.24) is 4.90 Å². The summed E-state index contributed by atoms with van der Waals surface area (Å²) in [7, 11) is 1.61. The van der Waals surface area contributed by atoms with Crippen molar-refractivity contribution >= 4 is 17.5 Å². The second-order valence-corrected chi connectivity index (χ2v) is 5.36. The van der Waals surface area contributed by atoms with E-state index in [1.54, 1.807) is 7.11 Å². The van der Waals surface area contributed by atoms with Crippen molar-refractivity contribution in [3.05, 3.63) is 28.8 Å². The fourth-order valence-corrected chi connectivity index (χ4v) is 2.66. The van der Waals surface area contributed by atoms with E-state index in [0.29, 0.717) is 18.1 Å². The van der Waals surface area contributed by atoms with Crippen molar-refractivity contribution in [2.75, 3.05) is 20.2 Å². The van der Waals surface area contributed by atoms with Crippen LogP contribution >= 0.6 is 11.6 Å². The van der Waals surface area contributed by atoms with E-state index in [1.165, 1.54) is 0 Å². The Morgan fingerprint density at radius 1 is 1.55 bits per heavy atom. The normalized spacial score (nSPS) is 23.6. The van der Waals surface area contributed by atoms with Crippen molar-refractivity contribution in [1.29, 1.82) is 0 Å². The van der Waals surface area contributed by atoms with Gasteiger partial charge in [-0.25, -0.2) is 0 Å². The number of ether oxygens (including phenoxy) is 2. The molecule has 6 heteroatoms. The van der Waals surface area contributed by atoms with Crippen LogP contribution in [0.3, 0.4) is 0 Å². The fraction of sp³-hybridized carbons (Fsp3) is 0.500. The number of halogens is 1. The number of nitrogens with two attached hydrogens (primary N) is 1. The molecular weight excluding hydrogens is 280 g/mol. The summed E-state index contributed by atoms with van der Waals surface area (Å²) in [6, 6.07) is 5.55. The second kappa shape index (κ2) is 6.43. The third-order valence-corrected chi connectivity index (χ3v) is 3.68. The number of primary amides is 1. The summed E-state index contributed by atoms with van der Waals surface area (Å²) in [4.78, 5) is 13.4. The van der Waals surface area contributed by atoms with E-state index >= 15 is 0 Å². The number of morpholine rings is 1. The van der Waals surface area contributed by atoms with Crippen molar-refractivity contribution in [2.24, 2.45) is 5.73 Å². The molecule has 0 aromatic heterocycles. The molecule has 0 saturated carbocycles. The molecule has 1 amide bonds. The predicted octanol–water partition coefficient (Wildman–Crippen LogP) is 1.42. The zero-order valence-corrected chi connectivity index (χ0v) is 12.4. The predicted molar refractivity (Wildman–Crippen MR) is 76.8 cm³/mol. The summed E-state index contributed by atoms with van der Waals surface area (Å²) in [5.74, 6) is 0.306. The van der Waals surface area contributed by atoms with Crippen LogP contribution in [-0.4, -0.2) is 43.2 Å². The van der Waals surface area contributed by atoms with Crippen LogP contribution in [0.2, 0.25) is 5.02 Å². The Hall–Kier alpha value is -1.30. The third-order valence-electron chi connectivity index (χ3n) is 3.33. The molecule has 1 heterocycles. The molecule has 0 unspecified atom stereocenters. The minimum Gasteiger partial charge on any atom is -0.496 e. The molecule has 2 atom stereocenters. The van der Waals surface area contributed by atoms with Crippen molar-refractivity contribution in [2.45, 2.75) is 25.7 Å². The summed E-state index contributed by atoms with van der Waals surface area (Å²) in [6.07, 6.45) is -0.623. The van der Waals surface area contributed by atoms with Crippen molar-refractivity contribution < 1.29 is 14.3 Å². The molecule has 20 heavy (non-hydrogen) atoms. The fourth-order valence-electron chi connectivity index (χ4n) is 2.43. The Balaban J connectivity index is 2.15. The lowest BCUT2D eigenvalue weighted by Gasteiger charge is -2.35. The highest BCUT2D eigenvalue weighted by atomic mass is 35.5. The zero-order chi connectivity index (χ0) is 14.7. The number of hydrogen-bond acceptors (Lipinski definition) is 4. The zero-order valence-electron chi connectivity index (χ0n) is 11.6. The van der Waals surface area contributed by atoms with Crippen molar-refractivity contribution in [3.8, 4) is 5.75 Å². The highest BCUT2D eigenvalue weighted by Crippen LogP contribution is 2.28. The smallest absolute Gasteiger partial charge is 0.247 e. The molecule has 0 aliphatic carbocycles. The van der Waals surface area contributed by atoms with E-state index in [1.807, 2.05) is 25.1 Å². The molecule has 1 aromatic carbocycles. The first kappa shape index (κ1) is 15.1. The highest BCUT2D eigenvalue weighted by molar-refractivity contribution is 6.31. The number of carbonyl (C=O) groups excluding carboxylic acids is 1. The number of methoxy groups -OCH3 is 1. The lowest BCUT2D eigenvalue weighted by molar-refractivity contribution is -0.142. The van der Waals surface area contributed by atoms with Crippen LogP contribution in [0, 0.1) is 0 Å². The van der Waals surface area contributed by atoms with E-state index in [0.717, 1.165) is 17.9 Å². The number of rotatable bonds is 4. The van der Waals surface area contributed by atoms with E-state index in [9.17, 15) is 4.79 Å². The standard InChI is InChI=1S/C14H19ClN2O3/c1-9-6-17(8-13(20-9)14(16)18)7-10-11(15)4-3-5-12(10)19-2/h3-5,9,13H,6-8H2,1-2H3,(H2,16,18)/t9-,13-/m1/s1. The number of amides is 1. The number of hydrogen-bond donors (Lipinski definition) is 1. The van der Waals surface area contributed by atoms with Gasteiger partial charge in [0.2, 0.25) is 5.91 Å². The molecule has 1 aliphatic rings. The lowest BCUT2D eigenvalue weighted by atomic mass is 10.1. The molecule has 1 saturated heterocycles. The summed E-state index contributed by atoms with van der Waals surface area (Å²) >= 11 is 6.23. The van der Waals surface area contributed by atoms with Crippen molar-refractivity contribution in [3.63, 3.8) is 0 Å². The van der Waals surface area contributed by atoms with Gasteiger partial charge in [-0.1, -0.05) is 17.7 Å². The van der Waals surface area contributed by atoms with Gasteiger partial charge in [0.05, 0.1) is 13.2 Å². The molecule has 0 radical (unpaired) electrons. The van der Waals surface area contributed by atoms with Crippen LogP contribution in [0.4, 0.5) is 0 Å². The van der Waals surface area contributed by atoms with Crippen LogP contribution in [-0.2, 0) is 16.1 Å². The maximum absolute atomic E-state index is 11.3. The van der Waals surface area contributed by atoms with Gasteiger partial charge in [-0.2, -0.15) is 0 Å². The molecule has 1 fully saturated rings. The summed E-state index contributed by atoms with van der Waals surface area (Å²) < 4.78 is 10.9. The first-order valence-electron chi connectivity index (χ1n) is 6.49. The van der Waals surface area contributed by atoms with Crippen LogP contribution in [0.5, 0.6) is 5.75 Å². The number of benzene rings is 1. The van der Waals surface area contributed by atoms with Gasteiger partial charge in [-0.15, -0.1) is 0 Å². The quantitative estimate of drug-likeness (QED) is 0.913. The first-order valence-corrected chi connectivity index (χ1v) is 6.87. The molecule has 0 bridgehead atoms. The minimum atomic E-state index is -0.577. The molecule has 110 valence electrons. The van der Waals surface area contributed by atoms with Gasteiger partial charge in [0.15, 0.2) is 0 Å². The van der Waals surface area contributed by atoms with Crippen LogP contribution in [0.15, 0.2) is 18.2 Å². The van der Waals surface area contributed by atoms with Gasteiger partial charge in [0.1, 0.15) is 11.9 Å². The summed E-state index contributed by atoms with van der Waals surface area (Å²) in [6.45, 7) is 3.71. The maximum atomic E-state index is 11.3. The molecule has 2 N–H and O–H groups in total. The highest BCUT2D eigenvalue weighted by Gasteiger charge is 2.29. The molecular formula is C14H19ClN2O3. The van der Waals surface area contributed by atoms with Gasteiger partial charge in [0, 0.05) is 30.2 Å². The van der Waals surface area contributed by atoms with E-state index in [4.69, 9.17) is 26.8 Å². The van der Waals surface area contributed by atoms with Crippen LogP contribution < -0.4 is 10.5 Å². The first-order chi connectivity index (χ1) is 9.51. The van der Waals surface area contributed by atoms with Crippen LogP contribution in [0.1, 0.15) is 12.5 Å². The molecule has 2 rings (SSSR count). The van der Waals surface area contributed by atoms with E-state index in [2.05, 4.69) is 4.90 Å². The molecule has 0 spiro atoms. The van der Waals surface area contributed by atoms with Gasteiger partial charge in [0.25, 0.3) is 0 Å². The number of carbonyl (C=O) groups is 1. The van der Waals surface area contributed by atoms with Gasteiger partial charge in [-0.05, 0) is 19.1 Å². The molecule has 5 nitrogen and oxygen atoms in total. The monoisotopic (exact) mass is 298 g/mol. The maximum Gasteiger partial charge on any atom is 0.247 e. The largest absolute Gasteiger partial charge is 0.496 e. The Labute approximate surface area is 123 Å². The molecule has 1 aliphatic heterocycles. The Bertz CT molecular complexity index is 495. The Kier molecular flexibility index (Phi) is 4.86. The average molecular weight is 299 g/mol. The average Bonchev–Trinajstić information content (AvgIpc) is 2.40. The minimum absolute atomic E-state index is 0.0465. The molecule has 1 aromatic rings. The SMILES string of the molecule is COc1cccc(Cl)c1CN1C[C@@H](C)O[C@@H](C(N)=O)C1. The lowest BCUT2D eigenvalue weighted by Crippen LogP contribution is -2.51. The second-order valence-electron chi connectivity index (χ2n) is 4.95. The van der Waals surface area contributed by atoms with Gasteiger partial charge < -0.3 is 15.2 Å². The third kappa shape index (κ3) is 3.42. The number of nitrogens with zero attached hydrogens (tertiary/aromatic N) is 1. The summed E-state index contributed by atoms with van der Waals surface area (Å²) in [5.41, 5.74) is 6.24. The Morgan fingerprint density at radius 2 is 2.30 bits per heavy atom. The Morgan fingerprint density at radius 3 is 2.95 bits per heavy atom. The summed E-state index contributed by atoms with van der Waals surface area (Å²) in [5, 5.41) is 0.652. The van der Waals surface area contributed by atoms with E-state index in [-0.39, 0.29) is 6.10 Å². The van der Waals surface area contributed by atoms with E-state index < -0.39 is 12.0 Å². The van der Waals surface area contributed by atoms with Gasteiger partial charge >= 0.3 is 0 Å². The van der Waals surface area contributed by atoms with Crippen LogP contribution in [0.25, 0.3) is 0 Å².